The summed E-state index contributed by atoms with van der Waals surface area (Å²) < 4.78 is 0. The lowest BCUT2D eigenvalue weighted by Crippen LogP contribution is -2.10. The number of carbonyl (C=O) groups excluding carboxylic acids is 1. The number of hydrogen-bond acceptors (Lipinski definition) is 2. The van der Waals surface area contributed by atoms with Gasteiger partial charge in [0.2, 0.25) is 0 Å². The Morgan fingerprint density at radius 1 is 1.15 bits per heavy atom. The number of ketones is 1. The molecule has 1 heterocycles. The minimum atomic E-state index is 0.189. The first-order chi connectivity index (χ1) is 9.47. The largest absolute Gasteiger partial charge is 0.293 e. The monoisotopic (exact) mass is 284 g/mol. The van der Waals surface area contributed by atoms with E-state index >= 15 is 0 Å². The van der Waals surface area contributed by atoms with Crippen molar-refractivity contribution in [3.05, 3.63) is 57.8 Å². The molecule has 1 saturated carbocycles. The Bertz CT molecular complexity index is 602. The van der Waals surface area contributed by atoms with Crippen LogP contribution >= 0.6 is 11.3 Å². The first-order valence-electron chi connectivity index (χ1n) is 7.15. The average Bonchev–Trinajstić information content (AvgIpc) is 3.02. The first kappa shape index (κ1) is 13.6. The van der Waals surface area contributed by atoms with Crippen LogP contribution in [0.2, 0.25) is 0 Å². The molecule has 2 heteroatoms. The van der Waals surface area contributed by atoms with Gasteiger partial charge in [0.25, 0.3) is 0 Å². The lowest BCUT2D eigenvalue weighted by atomic mass is 9.86. The molecule has 3 rings (SSSR count). The Hall–Kier alpha value is -1.41. The van der Waals surface area contributed by atoms with Crippen molar-refractivity contribution in [1.82, 2.24) is 0 Å². The summed E-state index contributed by atoms with van der Waals surface area (Å²) in [7, 11) is 0. The van der Waals surface area contributed by atoms with Crippen LogP contribution in [0.1, 0.15) is 53.9 Å². The molecule has 1 aromatic carbocycles. The molecule has 0 aliphatic heterocycles. The van der Waals surface area contributed by atoms with Crippen LogP contribution in [-0.2, 0) is 5.41 Å². The van der Waals surface area contributed by atoms with Crippen molar-refractivity contribution in [1.29, 1.82) is 0 Å². The van der Waals surface area contributed by atoms with Crippen molar-refractivity contribution in [2.45, 2.75) is 38.5 Å². The normalized spacial score (nSPS) is 21.8. The van der Waals surface area contributed by atoms with E-state index in [-0.39, 0.29) is 11.3 Å². The van der Waals surface area contributed by atoms with Crippen molar-refractivity contribution in [2.75, 3.05) is 0 Å². The number of Topliss-reactive ketones (excluding diaryl/α,β-unsaturated/α-hetero) is 1. The van der Waals surface area contributed by atoms with Gasteiger partial charge in [-0.3, -0.25) is 4.79 Å². The molecule has 20 heavy (non-hydrogen) atoms. The molecule has 0 bridgehead atoms. The second kappa shape index (κ2) is 4.85. The van der Waals surface area contributed by atoms with Crippen LogP contribution in [0.4, 0.5) is 0 Å². The Morgan fingerprint density at radius 2 is 1.85 bits per heavy atom. The third-order valence-electron chi connectivity index (χ3n) is 4.10. The zero-order valence-electron chi connectivity index (χ0n) is 12.2. The molecule has 1 aromatic heterocycles. The van der Waals surface area contributed by atoms with Crippen LogP contribution in [0.25, 0.3) is 0 Å². The molecule has 0 spiro atoms. The van der Waals surface area contributed by atoms with Crippen LogP contribution in [0.3, 0.4) is 0 Å². The molecule has 2 aromatic rings. The summed E-state index contributed by atoms with van der Waals surface area (Å²) in [5, 5.41) is 1.97. The second-order valence-electron chi connectivity index (χ2n) is 6.66. The van der Waals surface area contributed by atoms with E-state index < -0.39 is 0 Å². The van der Waals surface area contributed by atoms with Gasteiger partial charge in [0.1, 0.15) is 0 Å². The molecule has 0 radical (unpaired) electrons. The van der Waals surface area contributed by atoms with Gasteiger partial charge in [-0.25, -0.2) is 0 Å². The lowest BCUT2D eigenvalue weighted by Gasteiger charge is -2.19. The molecule has 0 N–H and O–H groups in total. The Balaban J connectivity index is 1.72. The third kappa shape index (κ3) is 2.57. The van der Waals surface area contributed by atoms with E-state index in [0.29, 0.717) is 11.7 Å². The van der Waals surface area contributed by atoms with E-state index in [4.69, 9.17) is 0 Å². The van der Waals surface area contributed by atoms with Crippen LogP contribution in [0.15, 0.2) is 41.8 Å². The number of hydrogen-bond donors (Lipinski definition) is 0. The molecule has 0 saturated heterocycles. The fourth-order valence-electron chi connectivity index (χ4n) is 2.68. The van der Waals surface area contributed by atoms with Gasteiger partial charge < -0.3 is 0 Å². The first-order valence-corrected chi connectivity index (χ1v) is 8.03. The standard InChI is InChI=1S/C18H20OS/c1-18(2,3)13-8-6-12(7-9-13)14-11-15(14)17(19)16-5-4-10-20-16/h4-10,14-15H,11H2,1-3H3. The fraction of sp³-hybridized carbons (Fsp3) is 0.389. The maximum atomic E-state index is 12.3. The summed E-state index contributed by atoms with van der Waals surface area (Å²) >= 11 is 1.55. The van der Waals surface area contributed by atoms with Gasteiger partial charge in [0, 0.05) is 5.92 Å². The van der Waals surface area contributed by atoms with E-state index in [1.807, 2.05) is 17.5 Å². The highest BCUT2D eigenvalue weighted by atomic mass is 32.1. The van der Waals surface area contributed by atoms with Gasteiger partial charge in [0.05, 0.1) is 4.88 Å². The maximum Gasteiger partial charge on any atom is 0.176 e. The molecular weight excluding hydrogens is 264 g/mol. The molecular formula is C18H20OS. The average molecular weight is 284 g/mol. The SMILES string of the molecule is CC(C)(C)c1ccc(C2CC2C(=O)c2cccs2)cc1. The third-order valence-corrected chi connectivity index (χ3v) is 4.98. The van der Waals surface area contributed by atoms with Crippen molar-refractivity contribution >= 4 is 17.1 Å². The summed E-state index contributed by atoms with van der Waals surface area (Å²) in [6.07, 6.45) is 1.01. The van der Waals surface area contributed by atoms with Crippen molar-refractivity contribution in [2.24, 2.45) is 5.92 Å². The predicted molar refractivity (Wildman–Crippen MR) is 84.6 cm³/mol. The Kier molecular flexibility index (Phi) is 3.29. The summed E-state index contributed by atoms with van der Waals surface area (Å²) in [5.41, 5.74) is 2.85. The topological polar surface area (TPSA) is 17.1 Å². The molecule has 104 valence electrons. The highest BCUT2D eigenvalue weighted by Crippen LogP contribution is 2.49. The summed E-state index contributed by atoms with van der Waals surface area (Å²) in [6.45, 7) is 6.67. The molecule has 1 aliphatic rings. The van der Waals surface area contributed by atoms with Gasteiger partial charge in [-0.15, -0.1) is 11.3 Å². The Labute approximate surface area is 124 Å². The summed E-state index contributed by atoms with van der Waals surface area (Å²) in [4.78, 5) is 13.2. The molecule has 2 unspecified atom stereocenters. The van der Waals surface area contributed by atoms with Crippen molar-refractivity contribution < 1.29 is 4.79 Å². The van der Waals surface area contributed by atoms with Crippen LogP contribution in [-0.4, -0.2) is 5.78 Å². The van der Waals surface area contributed by atoms with E-state index in [1.54, 1.807) is 11.3 Å². The fourth-order valence-corrected chi connectivity index (χ4v) is 3.41. The molecule has 2 atom stereocenters. The molecule has 1 fully saturated rings. The van der Waals surface area contributed by atoms with Gasteiger partial charge in [-0.2, -0.15) is 0 Å². The summed E-state index contributed by atoms with van der Waals surface area (Å²) in [6, 6.07) is 12.7. The van der Waals surface area contributed by atoms with E-state index in [2.05, 4.69) is 45.0 Å². The van der Waals surface area contributed by atoms with Gasteiger partial charge in [0.15, 0.2) is 5.78 Å². The Morgan fingerprint density at radius 3 is 2.40 bits per heavy atom. The summed E-state index contributed by atoms with van der Waals surface area (Å²) in [5.74, 6) is 0.956. The predicted octanol–water partition coefficient (Wildman–Crippen LogP) is 5.03. The number of rotatable bonds is 3. The molecule has 0 amide bonds. The smallest absolute Gasteiger partial charge is 0.176 e. The highest BCUT2D eigenvalue weighted by molar-refractivity contribution is 7.12. The minimum absolute atomic E-state index is 0.189. The quantitative estimate of drug-likeness (QED) is 0.722. The molecule has 1 nitrogen and oxygen atoms in total. The minimum Gasteiger partial charge on any atom is -0.293 e. The number of benzene rings is 1. The maximum absolute atomic E-state index is 12.3. The zero-order valence-corrected chi connectivity index (χ0v) is 13.0. The van der Waals surface area contributed by atoms with E-state index in [1.165, 1.54) is 11.1 Å². The van der Waals surface area contributed by atoms with Gasteiger partial charge >= 0.3 is 0 Å². The number of carbonyl (C=O) groups is 1. The van der Waals surface area contributed by atoms with Crippen molar-refractivity contribution in [3.63, 3.8) is 0 Å². The molecule has 1 aliphatic carbocycles. The zero-order chi connectivity index (χ0) is 14.3. The highest BCUT2D eigenvalue weighted by Gasteiger charge is 2.44. The van der Waals surface area contributed by atoms with E-state index in [0.717, 1.165) is 11.3 Å². The van der Waals surface area contributed by atoms with Gasteiger partial charge in [-0.05, 0) is 40.3 Å². The lowest BCUT2D eigenvalue weighted by molar-refractivity contribution is 0.0969. The number of thiophene rings is 1. The van der Waals surface area contributed by atoms with Gasteiger partial charge in [-0.1, -0.05) is 51.1 Å². The van der Waals surface area contributed by atoms with Crippen LogP contribution < -0.4 is 0 Å². The van der Waals surface area contributed by atoms with Crippen LogP contribution in [0, 0.1) is 5.92 Å². The van der Waals surface area contributed by atoms with E-state index in [9.17, 15) is 4.79 Å². The second-order valence-corrected chi connectivity index (χ2v) is 7.61. The van der Waals surface area contributed by atoms with Crippen LogP contribution in [0.5, 0.6) is 0 Å². The van der Waals surface area contributed by atoms with Crippen molar-refractivity contribution in [3.8, 4) is 0 Å².